The maximum atomic E-state index is 9.86. The van der Waals surface area contributed by atoms with Crippen molar-refractivity contribution in [2.75, 3.05) is 12.8 Å². The van der Waals surface area contributed by atoms with Crippen molar-refractivity contribution in [1.29, 1.82) is 10.5 Å². The molecule has 0 aliphatic rings. The number of aromatic hydroxyl groups is 1. The summed E-state index contributed by atoms with van der Waals surface area (Å²) in [5.41, 5.74) is 9.35. The minimum Gasteiger partial charge on any atom is -0.504 e. The number of methoxy groups -OCH3 is 1. The van der Waals surface area contributed by atoms with Gasteiger partial charge in [0, 0.05) is 5.56 Å². The summed E-state index contributed by atoms with van der Waals surface area (Å²) in [4.78, 5) is 4.54. The van der Waals surface area contributed by atoms with Crippen LogP contribution in [0.25, 0.3) is 27.8 Å². The molecular formula is C20H13N5O2. The number of hydrogen-bond donors (Lipinski definition) is 2. The van der Waals surface area contributed by atoms with Crippen LogP contribution in [0.3, 0.4) is 0 Å². The van der Waals surface area contributed by atoms with E-state index in [9.17, 15) is 15.6 Å². The number of imidazole rings is 1. The number of pyridine rings is 1. The minimum absolute atomic E-state index is 0.0427. The van der Waals surface area contributed by atoms with Gasteiger partial charge in [-0.1, -0.05) is 18.2 Å². The standard InChI is InChI=1S/C20H13N5O2/c1-27-17-8-11(6-7-16(17)26)18-12(9-21)19(23)25-15-5-3-2-4-14(15)24-20(25)13(18)10-22/h2-8,26H,23H2,1H3. The maximum Gasteiger partial charge on any atom is 0.161 e. The van der Waals surface area contributed by atoms with Gasteiger partial charge in [0.1, 0.15) is 29.1 Å². The molecule has 0 fully saturated rings. The Balaban J connectivity index is 2.20. The van der Waals surface area contributed by atoms with Crippen molar-refractivity contribution in [3.63, 3.8) is 0 Å². The van der Waals surface area contributed by atoms with E-state index in [1.807, 2.05) is 24.3 Å². The molecule has 0 saturated carbocycles. The number of phenolic OH excluding ortho intramolecular Hbond substituents is 1. The molecule has 2 aromatic heterocycles. The summed E-state index contributed by atoms with van der Waals surface area (Å²) in [7, 11) is 1.42. The Morgan fingerprint density at radius 2 is 1.85 bits per heavy atom. The number of phenols is 1. The second-order valence-electron chi connectivity index (χ2n) is 5.88. The molecule has 4 rings (SSSR count). The Hall–Kier alpha value is -4.23. The fraction of sp³-hybridized carbons (Fsp3) is 0.0500. The lowest BCUT2D eigenvalue weighted by atomic mass is 9.96. The maximum absolute atomic E-state index is 9.86. The Morgan fingerprint density at radius 1 is 1.11 bits per heavy atom. The summed E-state index contributed by atoms with van der Waals surface area (Å²) >= 11 is 0. The highest BCUT2D eigenvalue weighted by Crippen LogP contribution is 2.38. The molecule has 0 unspecified atom stereocenters. The van der Waals surface area contributed by atoms with Gasteiger partial charge in [-0.05, 0) is 29.8 Å². The zero-order valence-corrected chi connectivity index (χ0v) is 14.3. The molecular weight excluding hydrogens is 342 g/mol. The van der Waals surface area contributed by atoms with E-state index in [0.29, 0.717) is 27.8 Å². The average molecular weight is 355 g/mol. The van der Waals surface area contributed by atoms with Gasteiger partial charge < -0.3 is 15.6 Å². The molecule has 2 aromatic carbocycles. The number of nitrogen functional groups attached to an aromatic ring is 1. The highest BCUT2D eigenvalue weighted by atomic mass is 16.5. The van der Waals surface area contributed by atoms with E-state index < -0.39 is 0 Å². The van der Waals surface area contributed by atoms with Gasteiger partial charge >= 0.3 is 0 Å². The number of aromatic nitrogens is 2. The number of anilines is 1. The van der Waals surface area contributed by atoms with Gasteiger partial charge in [0.15, 0.2) is 17.1 Å². The Bertz CT molecular complexity index is 1310. The number of nitrogens with two attached hydrogens (primary N) is 1. The lowest BCUT2D eigenvalue weighted by Crippen LogP contribution is -2.05. The first-order chi connectivity index (χ1) is 13.1. The van der Waals surface area contributed by atoms with Crippen LogP contribution in [0.2, 0.25) is 0 Å². The van der Waals surface area contributed by atoms with Gasteiger partial charge in [-0.15, -0.1) is 0 Å². The molecule has 0 aliphatic heterocycles. The van der Waals surface area contributed by atoms with Gasteiger partial charge in [-0.3, -0.25) is 4.40 Å². The predicted octanol–water partition coefficient (Wildman–Crippen LogP) is 3.19. The number of benzene rings is 2. The van der Waals surface area contributed by atoms with Crippen molar-refractivity contribution < 1.29 is 9.84 Å². The van der Waals surface area contributed by atoms with Crippen LogP contribution in [0.15, 0.2) is 42.5 Å². The third kappa shape index (κ3) is 2.23. The quantitative estimate of drug-likeness (QED) is 0.570. The summed E-state index contributed by atoms with van der Waals surface area (Å²) in [5.74, 6) is 0.383. The van der Waals surface area contributed by atoms with Crippen molar-refractivity contribution >= 4 is 22.5 Å². The zero-order chi connectivity index (χ0) is 19.1. The van der Waals surface area contributed by atoms with Crippen LogP contribution in [-0.4, -0.2) is 21.6 Å². The molecule has 130 valence electrons. The molecule has 0 radical (unpaired) electrons. The van der Waals surface area contributed by atoms with E-state index >= 15 is 0 Å². The topological polar surface area (TPSA) is 120 Å². The Morgan fingerprint density at radius 3 is 2.56 bits per heavy atom. The van der Waals surface area contributed by atoms with E-state index in [1.54, 1.807) is 16.5 Å². The van der Waals surface area contributed by atoms with Crippen LogP contribution in [0.5, 0.6) is 11.5 Å². The fourth-order valence-electron chi connectivity index (χ4n) is 3.26. The Labute approximate surface area is 154 Å². The van der Waals surface area contributed by atoms with Crippen molar-refractivity contribution in [2.45, 2.75) is 0 Å². The molecule has 2 heterocycles. The smallest absolute Gasteiger partial charge is 0.161 e. The van der Waals surface area contributed by atoms with E-state index in [-0.39, 0.29) is 28.4 Å². The number of ether oxygens (including phenoxy) is 1. The van der Waals surface area contributed by atoms with Gasteiger partial charge in [-0.25, -0.2) is 4.98 Å². The predicted molar refractivity (Wildman–Crippen MR) is 100 cm³/mol. The molecule has 3 N–H and O–H groups in total. The van der Waals surface area contributed by atoms with E-state index in [4.69, 9.17) is 10.5 Å². The number of nitriles is 2. The Kier molecular flexibility index (Phi) is 3.57. The molecule has 7 heteroatoms. The number of para-hydroxylation sites is 2. The number of nitrogens with zero attached hydrogens (tertiary/aromatic N) is 4. The third-order valence-electron chi connectivity index (χ3n) is 4.47. The molecule has 0 aliphatic carbocycles. The first-order valence-corrected chi connectivity index (χ1v) is 8.01. The van der Waals surface area contributed by atoms with Crippen LogP contribution in [0.4, 0.5) is 5.82 Å². The summed E-state index contributed by atoms with van der Waals surface area (Å²) < 4.78 is 6.77. The lowest BCUT2D eigenvalue weighted by Gasteiger charge is -2.13. The first-order valence-electron chi connectivity index (χ1n) is 8.01. The van der Waals surface area contributed by atoms with Crippen LogP contribution >= 0.6 is 0 Å². The monoisotopic (exact) mass is 355 g/mol. The van der Waals surface area contributed by atoms with Crippen molar-refractivity contribution in [2.24, 2.45) is 0 Å². The van der Waals surface area contributed by atoms with Crippen LogP contribution in [0, 0.1) is 22.7 Å². The summed E-state index contributed by atoms with van der Waals surface area (Å²) in [6.07, 6.45) is 0. The number of rotatable bonds is 2. The molecule has 7 nitrogen and oxygen atoms in total. The molecule has 0 saturated heterocycles. The van der Waals surface area contributed by atoms with Crippen LogP contribution in [0.1, 0.15) is 11.1 Å². The van der Waals surface area contributed by atoms with Gasteiger partial charge in [0.25, 0.3) is 0 Å². The minimum atomic E-state index is -0.0427. The lowest BCUT2D eigenvalue weighted by molar-refractivity contribution is 0.373. The van der Waals surface area contributed by atoms with Crippen molar-refractivity contribution in [3.05, 3.63) is 53.6 Å². The van der Waals surface area contributed by atoms with Gasteiger partial charge in [0.2, 0.25) is 0 Å². The fourth-order valence-corrected chi connectivity index (χ4v) is 3.26. The second kappa shape index (κ2) is 5.94. The normalized spacial score (nSPS) is 10.6. The summed E-state index contributed by atoms with van der Waals surface area (Å²) in [5, 5.41) is 29.5. The first kappa shape index (κ1) is 16.2. The van der Waals surface area contributed by atoms with E-state index in [0.717, 1.165) is 0 Å². The second-order valence-corrected chi connectivity index (χ2v) is 5.88. The highest BCUT2D eigenvalue weighted by molar-refractivity contribution is 5.92. The van der Waals surface area contributed by atoms with Gasteiger partial charge in [0.05, 0.1) is 18.1 Å². The molecule has 4 aromatic rings. The summed E-state index contributed by atoms with van der Waals surface area (Å²) in [6, 6.07) is 16.2. The molecule has 0 spiro atoms. The molecule has 0 amide bonds. The van der Waals surface area contributed by atoms with Crippen LogP contribution < -0.4 is 10.5 Å². The average Bonchev–Trinajstić information content (AvgIpc) is 3.08. The van der Waals surface area contributed by atoms with E-state index in [1.165, 1.54) is 13.2 Å². The van der Waals surface area contributed by atoms with Crippen molar-refractivity contribution in [3.8, 4) is 34.8 Å². The van der Waals surface area contributed by atoms with Crippen LogP contribution in [-0.2, 0) is 0 Å². The largest absolute Gasteiger partial charge is 0.504 e. The van der Waals surface area contributed by atoms with E-state index in [2.05, 4.69) is 17.1 Å². The SMILES string of the molecule is COc1cc(-c2c(C#N)c(N)n3c(nc4ccccc43)c2C#N)ccc1O. The zero-order valence-electron chi connectivity index (χ0n) is 14.3. The number of fused-ring (bicyclic) bond motifs is 3. The number of hydrogen-bond acceptors (Lipinski definition) is 6. The molecule has 27 heavy (non-hydrogen) atoms. The van der Waals surface area contributed by atoms with Crippen molar-refractivity contribution in [1.82, 2.24) is 9.38 Å². The molecule has 0 bridgehead atoms. The highest BCUT2D eigenvalue weighted by Gasteiger charge is 2.23. The van der Waals surface area contributed by atoms with Gasteiger partial charge in [-0.2, -0.15) is 10.5 Å². The molecule has 0 atom stereocenters. The third-order valence-corrected chi connectivity index (χ3v) is 4.47. The summed E-state index contributed by atoms with van der Waals surface area (Å²) in [6.45, 7) is 0.